The van der Waals surface area contributed by atoms with Gasteiger partial charge in [-0.2, -0.15) is 5.10 Å². The Hall–Kier alpha value is -1.43. The smallest absolute Gasteiger partial charge is 0.270 e. The molecule has 0 bridgehead atoms. The van der Waals surface area contributed by atoms with E-state index in [1.54, 1.807) is 4.90 Å². The van der Waals surface area contributed by atoms with Crippen molar-refractivity contribution in [2.45, 2.75) is 25.3 Å². The Morgan fingerprint density at radius 3 is 2.67 bits per heavy atom. The Bertz CT molecular complexity index is 318. The van der Waals surface area contributed by atoms with E-state index in [1.807, 2.05) is 0 Å². The van der Waals surface area contributed by atoms with E-state index in [4.69, 9.17) is 5.73 Å². The third kappa shape index (κ3) is 2.15. The summed E-state index contributed by atoms with van der Waals surface area (Å²) >= 11 is 0. The van der Waals surface area contributed by atoms with Crippen LogP contribution in [0.2, 0.25) is 0 Å². The molecule has 82 valence electrons. The quantitative estimate of drug-likeness (QED) is 0.570. The Balaban J connectivity index is 1.94. The predicted octanol–water partition coefficient (Wildman–Crippen LogP) is -1.19. The highest BCUT2D eigenvalue weighted by Crippen LogP contribution is 2.10. The summed E-state index contributed by atoms with van der Waals surface area (Å²) in [5.41, 5.74) is 8.33. The van der Waals surface area contributed by atoms with Crippen LogP contribution in [-0.2, 0) is 9.59 Å². The van der Waals surface area contributed by atoms with Gasteiger partial charge in [0.1, 0.15) is 5.71 Å². The molecule has 0 aliphatic carbocycles. The average Bonchev–Trinajstić information content (AvgIpc) is 2.65. The van der Waals surface area contributed by atoms with Gasteiger partial charge in [-0.25, -0.2) is 5.43 Å². The number of nitrogens with two attached hydrogens (primary N) is 1. The van der Waals surface area contributed by atoms with E-state index in [9.17, 15) is 9.59 Å². The zero-order valence-electron chi connectivity index (χ0n) is 8.40. The van der Waals surface area contributed by atoms with Crippen molar-refractivity contribution in [2.75, 3.05) is 13.1 Å². The van der Waals surface area contributed by atoms with Crippen LogP contribution in [0.4, 0.5) is 0 Å². The second-order valence-corrected chi connectivity index (χ2v) is 3.90. The molecular weight excluding hydrogens is 196 g/mol. The van der Waals surface area contributed by atoms with E-state index in [1.165, 1.54) is 0 Å². The van der Waals surface area contributed by atoms with Crippen molar-refractivity contribution < 1.29 is 9.59 Å². The molecule has 0 spiro atoms. The second-order valence-electron chi connectivity index (χ2n) is 3.90. The van der Waals surface area contributed by atoms with Crippen molar-refractivity contribution >= 4 is 17.5 Å². The van der Waals surface area contributed by atoms with E-state index >= 15 is 0 Å². The third-order valence-electron chi connectivity index (χ3n) is 2.72. The van der Waals surface area contributed by atoms with E-state index in [0.717, 1.165) is 12.8 Å². The van der Waals surface area contributed by atoms with Gasteiger partial charge in [-0.3, -0.25) is 9.59 Å². The van der Waals surface area contributed by atoms with E-state index < -0.39 is 0 Å². The number of nitrogens with zero attached hydrogens (tertiary/aromatic N) is 2. The highest BCUT2D eigenvalue weighted by molar-refractivity contribution is 6.43. The first kappa shape index (κ1) is 10.1. The van der Waals surface area contributed by atoms with Gasteiger partial charge >= 0.3 is 0 Å². The summed E-state index contributed by atoms with van der Waals surface area (Å²) in [6.07, 6.45) is 1.74. The summed E-state index contributed by atoms with van der Waals surface area (Å²) in [4.78, 5) is 24.4. The SMILES string of the molecule is NC1CCN(C(=O)C2=NNC(=O)C2)CC1. The molecule has 0 unspecified atom stereocenters. The number of carbonyl (C=O) groups is 2. The number of amides is 2. The van der Waals surface area contributed by atoms with E-state index in [-0.39, 0.29) is 24.3 Å². The number of carbonyl (C=O) groups excluding carboxylic acids is 2. The van der Waals surface area contributed by atoms with Gasteiger partial charge < -0.3 is 10.6 Å². The van der Waals surface area contributed by atoms with Crippen molar-refractivity contribution in [3.05, 3.63) is 0 Å². The summed E-state index contributed by atoms with van der Waals surface area (Å²) < 4.78 is 0. The number of rotatable bonds is 1. The largest absolute Gasteiger partial charge is 0.337 e. The number of hydrogen-bond acceptors (Lipinski definition) is 4. The average molecular weight is 210 g/mol. The van der Waals surface area contributed by atoms with Crippen LogP contribution >= 0.6 is 0 Å². The molecule has 0 aromatic rings. The van der Waals surface area contributed by atoms with Crippen LogP contribution in [0.25, 0.3) is 0 Å². The summed E-state index contributed by atoms with van der Waals surface area (Å²) in [6, 6.07) is 0.194. The van der Waals surface area contributed by atoms with Gasteiger partial charge in [-0.05, 0) is 12.8 Å². The monoisotopic (exact) mass is 210 g/mol. The number of hydrogen-bond donors (Lipinski definition) is 2. The summed E-state index contributed by atoms with van der Waals surface area (Å²) in [5, 5.41) is 3.71. The van der Waals surface area contributed by atoms with Gasteiger partial charge in [0.25, 0.3) is 5.91 Å². The van der Waals surface area contributed by atoms with Crippen molar-refractivity contribution in [3.8, 4) is 0 Å². The predicted molar refractivity (Wildman–Crippen MR) is 54.0 cm³/mol. The molecule has 0 radical (unpaired) electrons. The number of nitrogens with one attached hydrogen (secondary N) is 1. The lowest BCUT2D eigenvalue weighted by Gasteiger charge is -2.29. The maximum absolute atomic E-state index is 11.8. The highest BCUT2D eigenvalue weighted by Gasteiger charge is 2.28. The molecule has 2 rings (SSSR count). The molecule has 2 aliphatic rings. The first-order chi connectivity index (χ1) is 7.16. The molecular formula is C9H14N4O2. The van der Waals surface area contributed by atoms with Crippen LogP contribution in [0.15, 0.2) is 5.10 Å². The molecule has 1 fully saturated rings. The molecule has 0 aromatic carbocycles. The van der Waals surface area contributed by atoms with Crippen LogP contribution in [-0.4, -0.2) is 41.6 Å². The van der Waals surface area contributed by atoms with Crippen LogP contribution in [0.1, 0.15) is 19.3 Å². The zero-order valence-corrected chi connectivity index (χ0v) is 8.40. The lowest BCUT2D eigenvalue weighted by molar-refractivity contribution is -0.125. The fourth-order valence-electron chi connectivity index (χ4n) is 1.77. The lowest BCUT2D eigenvalue weighted by atomic mass is 10.1. The van der Waals surface area contributed by atoms with E-state index in [2.05, 4.69) is 10.5 Å². The molecule has 0 saturated carbocycles. The van der Waals surface area contributed by atoms with Gasteiger partial charge in [0.05, 0.1) is 6.42 Å². The van der Waals surface area contributed by atoms with Crippen LogP contribution < -0.4 is 11.2 Å². The first-order valence-corrected chi connectivity index (χ1v) is 5.07. The second kappa shape index (κ2) is 3.98. The normalized spacial score (nSPS) is 22.6. The standard InChI is InChI=1S/C9H14N4O2/c10-6-1-3-13(4-2-6)9(15)7-5-8(14)12-11-7/h6H,1-5,10H2,(H,12,14). The van der Waals surface area contributed by atoms with Crippen LogP contribution in [0, 0.1) is 0 Å². The Morgan fingerprint density at radius 1 is 1.47 bits per heavy atom. The van der Waals surface area contributed by atoms with Gasteiger partial charge in [-0.15, -0.1) is 0 Å². The van der Waals surface area contributed by atoms with Gasteiger partial charge in [-0.1, -0.05) is 0 Å². The van der Waals surface area contributed by atoms with Crippen molar-refractivity contribution in [2.24, 2.45) is 10.8 Å². The van der Waals surface area contributed by atoms with Crippen LogP contribution in [0.5, 0.6) is 0 Å². The molecule has 3 N–H and O–H groups in total. The number of hydrazone groups is 1. The molecule has 2 amide bonds. The van der Waals surface area contributed by atoms with Crippen molar-refractivity contribution in [1.29, 1.82) is 0 Å². The fourth-order valence-corrected chi connectivity index (χ4v) is 1.77. The maximum atomic E-state index is 11.8. The number of piperidine rings is 1. The minimum Gasteiger partial charge on any atom is -0.337 e. The minimum absolute atomic E-state index is 0.0986. The lowest BCUT2D eigenvalue weighted by Crippen LogP contribution is -2.45. The van der Waals surface area contributed by atoms with Crippen molar-refractivity contribution in [3.63, 3.8) is 0 Å². The molecule has 1 saturated heterocycles. The summed E-state index contributed by atoms with van der Waals surface area (Å²) in [5.74, 6) is -0.354. The fraction of sp³-hybridized carbons (Fsp3) is 0.667. The van der Waals surface area contributed by atoms with Gasteiger partial charge in [0.15, 0.2) is 0 Å². The number of likely N-dealkylation sites (tertiary alicyclic amines) is 1. The van der Waals surface area contributed by atoms with E-state index in [0.29, 0.717) is 18.8 Å². The summed E-state index contributed by atoms with van der Waals surface area (Å²) in [7, 11) is 0. The summed E-state index contributed by atoms with van der Waals surface area (Å²) in [6.45, 7) is 1.32. The Morgan fingerprint density at radius 2 is 2.13 bits per heavy atom. The molecule has 2 aliphatic heterocycles. The first-order valence-electron chi connectivity index (χ1n) is 5.07. The van der Waals surface area contributed by atoms with Crippen LogP contribution in [0.3, 0.4) is 0 Å². The molecule has 2 heterocycles. The molecule has 15 heavy (non-hydrogen) atoms. The Labute approximate surface area is 87.5 Å². The maximum Gasteiger partial charge on any atom is 0.270 e. The topological polar surface area (TPSA) is 87.8 Å². The highest BCUT2D eigenvalue weighted by atomic mass is 16.2. The third-order valence-corrected chi connectivity index (χ3v) is 2.72. The Kier molecular flexibility index (Phi) is 2.68. The van der Waals surface area contributed by atoms with Gasteiger partial charge in [0.2, 0.25) is 5.91 Å². The zero-order chi connectivity index (χ0) is 10.8. The van der Waals surface area contributed by atoms with Gasteiger partial charge in [0, 0.05) is 19.1 Å². The minimum atomic E-state index is -0.216. The van der Waals surface area contributed by atoms with Crippen molar-refractivity contribution in [1.82, 2.24) is 10.3 Å². The molecule has 0 aromatic heterocycles. The molecule has 6 nitrogen and oxygen atoms in total. The molecule has 6 heteroatoms. The molecule has 0 atom stereocenters.